The highest BCUT2D eigenvalue weighted by atomic mass is 127. The molecule has 9 heteroatoms. The Morgan fingerprint density at radius 2 is 1.42 bits per heavy atom. The van der Waals surface area contributed by atoms with Crippen LogP contribution >= 0.6 is 22.6 Å². The van der Waals surface area contributed by atoms with Crippen LogP contribution < -0.4 is 14.5 Å². The van der Waals surface area contributed by atoms with E-state index in [1.807, 2.05) is 6.07 Å². The molecule has 2 aromatic rings. The van der Waals surface area contributed by atoms with E-state index in [-0.39, 0.29) is 5.82 Å². The van der Waals surface area contributed by atoms with Crippen molar-refractivity contribution in [2.75, 3.05) is 123 Å². The third-order valence-corrected chi connectivity index (χ3v) is 12.0. The maximum absolute atomic E-state index is 15.6. The molecule has 0 aromatic heterocycles. The van der Waals surface area contributed by atoms with Crippen molar-refractivity contribution < 1.29 is 9.13 Å². The standard InChI is InChI=1S/C36H54FIN6O/c1-27-5-6-30(21-36(27)45-4)43-17-13-42(14-18-43)25-29-9-12-40(3)26-32(29)31-22-35(33(37)23-34(31)38)44-19-15-41(16-20-44)24-28-7-10-39(2)11-8-28/h5-6,21-23,28-29,32H,7-20,24-26H2,1-4H3. The summed E-state index contributed by atoms with van der Waals surface area (Å²) in [6.07, 6.45) is 3.80. The minimum atomic E-state index is -0.0588. The number of benzene rings is 2. The zero-order valence-electron chi connectivity index (χ0n) is 28.0. The number of rotatable bonds is 8. The first-order valence-corrected chi connectivity index (χ1v) is 18.3. The molecule has 2 unspecified atom stereocenters. The van der Waals surface area contributed by atoms with Crippen LogP contribution in [-0.2, 0) is 0 Å². The van der Waals surface area contributed by atoms with E-state index < -0.39 is 0 Å². The number of halogens is 2. The molecule has 2 atom stereocenters. The Hall–Kier alpha value is -1.66. The summed E-state index contributed by atoms with van der Waals surface area (Å²) in [5.41, 5.74) is 4.60. The molecular formula is C36H54FIN6O. The Bertz CT molecular complexity index is 1270. The van der Waals surface area contributed by atoms with Crippen molar-refractivity contribution >= 4 is 34.0 Å². The summed E-state index contributed by atoms with van der Waals surface area (Å²) >= 11 is 2.40. The van der Waals surface area contributed by atoms with Crippen LogP contribution in [-0.4, -0.2) is 132 Å². The molecule has 0 amide bonds. The Labute approximate surface area is 284 Å². The number of likely N-dealkylation sites (N-methyl/N-ethyl adjacent to an activating group) is 1. The smallest absolute Gasteiger partial charge is 0.147 e. The SMILES string of the molecule is COc1cc(N2CCN(CC3CCN(C)CC3c3cc(N4CCN(CC5CCN(C)CC5)CC4)c(F)cc3I)CC2)ccc1C. The number of piperidine rings is 2. The Kier molecular flexibility index (Phi) is 11.1. The summed E-state index contributed by atoms with van der Waals surface area (Å²) in [5, 5.41) is 0. The molecule has 7 nitrogen and oxygen atoms in total. The van der Waals surface area contributed by atoms with Gasteiger partial charge in [-0.25, -0.2) is 4.39 Å². The van der Waals surface area contributed by atoms with Gasteiger partial charge < -0.3 is 24.3 Å². The third kappa shape index (κ3) is 8.08. The van der Waals surface area contributed by atoms with Crippen LogP contribution in [0.4, 0.5) is 15.8 Å². The largest absolute Gasteiger partial charge is 0.496 e. The number of aryl methyl sites for hydroxylation is 1. The zero-order valence-corrected chi connectivity index (χ0v) is 30.1. The molecule has 4 saturated heterocycles. The average molecular weight is 733 g/mol. The van der Waals surface area contributed by atoms with Crippen molar-refractivity contribution in [3.05, 3.63) is 50.8 Å². The average Bonchev–Trinajstić information content (AvgIpc) is 3.04. The van der Waals surface area contributed by atoms with E-state index in [9.17, 15) is 0 Å². The van der Waals surface area contributed by atoms with Gasteiger partial charge >= 0.3 is 0 Å². The van der Waals surface area contributed by atoms with Gasteiger partial charge in [0.2, 0.25) is 0 Å². The second kappa shape index (κ2) is 15.0. The number of nitrogens with zero attached hydrogens (tertiary/aromatic N) is 6. The molecule has 6 rings (SSSR count). The lowest BCUT2D eigenvalue weighted by molar-refractivity contribution is 0.134. The quantitative estimate of drug-likeness (QED) is 0.351. The van der Waals surface area contributed by atoms with E-state index in [2.05, 4.69) is 97.3 Å². The second-order valence-corrected chi connectivity index (χ2v) is 15.4. The fourth-order valence-corrected chi connectivity index (χ4v) is 8.95. The van der Waals surface area contributed by atoms with Gasteiger partial charge in [0, 0.05) is 93.2 Å². The second-order valence-electron chi connectivity index (χ2n) is 14.2. The molecule has 4 aliphatic heterocycles. The summed E-state index contributed by atoms with van der Waals surface area (Å²) in [6, 6.07) is 10.6. The molecule has 0 N–H and O–H groups in total. The summed E-state index contributed by atoms with van der Waals surface area (Å²) in [4.78, 5) is 15.0. The topological polar surface area (TPSA) is 28.7 Å². The highest BCUT2D eigenvalue weighted by Gasteiger charge is 2.34. The van der Waals surface area contributed by atoms with Crippen LogP contribution in [0.5, 0.6) is 5.75 Å². The summed E-state index contributed by atoms with van der Waals surface area (Å²) < 4.78 is 22.3. The first kappa shape index (κ1) is 33.2. The van der Waals surface area contributed by atoms with Gasteiger partial charge in [-0.2, -0.15) is 0 Å². The van der Waals surface area contributed by atoms with E-state index in [0.29, 0.717) is 11.8 Å². The van der Waals surface area contributed by atoms with Crippen LogP contribution in [0.15, 0.2) is 30.3 Å². The number of likely N-dealkylation sites (tertiary alicyclic amines) is 2. The number of hydrogen-bond donors (Lipinski definition) is 0. The summed E-state index contributed by atoms with van der Waals surface area (Å²) in [5.74, 6) is 2.71. The molecule has 0 saturated carbocycles. The Balaban J connectivity index is 1.09. The molecule has 4 aliphatic rings. The van der Waals surface area contributed by atoms with Gasteiger partial charge in [-0.1, -0.05) is 6.07 Å². The monoisotopic (exact) mass is 732 g/mol. The summed E-state index contributed by atoms with van der Waals surface area (Å²) in [7, 11) is 6.24. The first-order valence-electron chi connectivity index (χ1n) is 17.2. The zero-order chi connectivity index (χ0) is 31.5. The van der Waals surface area contributed by atoms with Gasteiger partial charge in [0.1, 0.15) is 11.6 Å². The van der Waals surface area contributed by atoms with E-state index in [0.717, 1.165) is 92.9 Å². The van der Waals surface area contributed by atoms with Gasteiger partial charge in [0.15, 0.2) is 0 Å². The van der Waals surface area contributed by atoms with E-state index >= 15 is 4.39 Å². The van der Waals surface area contributed by atoms with Crippen LogP contribution in [0.3, 0.4) is 0 Å². The number of piperazine rings is 2. The Morgan fingerprint density at radius 3 is 2.11 bits per heavy atom. The number of methoxy groups -OCH3 is 1. The maximum atomic E-state index is 15.6. The van der Waals surface area contributed by atoms with Crippen molar-refractivity contribution in [2.45, 2.75) is 32.1 Å². The van der Waals surface area contributed by atoms with E-state index in [1.165, 1.54) is 55.7 Å². The van der Waals surface area contributed by atoms with Crippen molar-refractivity contribution in [1.29, 1.82) is 0 Å². The third-order valence-electron chi connectivity index (χ3n) is 11.1. The van der Waals surface area contributed by atoms with Crippen LogP contribution in [0.25, 0.3) is 0 Å². The lowest BCUT2D eigenvalue weighted by atomic mass is 9.80. The highest BCUT2D eigenvalue weighted by Crippen LogP contribution is 2.38. The molecule has 4 fully saturated rings. The van der Waals surface area contributed by atoms with Gasteiger partial charge in [-0.3, -0.25) is 9.80 Å². The fourth-order valence-electron chi connectivity index (χ4n) is 8.12. The molecule has 0 bridgehead atoms. The Morgan fingerprint density at radius 1 is 0.778 bits per heavy atom. The van der Waals surface area contributed by atoms with Crippen LogP contribution in [0, 0.1) is 28.1 Å². The lowest BCUT2D eigenvalue weighted by Crippen LogP contribution is -2.50. The number of anilines is 2. The van der Waals surface area contributed by atoms with Crippen LogP contribution in [0.1, 0.15) is 36.3 Å². The van der Waals surface area contributed by atoms with Crippen molar-refractivity contribution in [3.8, 4) is 5.75 Å². The first-order chi connectivity index (χ1) is 21.8. The number of ether oxygens (including phenoxy) is 1. The normalized spacial score (nSPS) is 25.2. The van der Waals surface area contributed by atoms with E-state index in [1.54, 1.807) is 7.11 Å². The van der Waals surface area contributed by atoms with Gasteiger partial charge in [-0.05, 0) is 124 Å². The minimum Gasteiger partial charge on any atom is -0.496 e. The molecule has 45 heavy (non-hydrogen) atoms. The minimum absolute atomic E-state index is 0.0588. The fraction of sp³-hybridized carbons (Fsp3) is 0.667. The predicted molar refractivity (Wildman–Crippen MR) is 193 cm³/mol. The molecule has 0 spiro atoms. The number of hydrogen-bond acceptors (Lipinski definition) is 7. The molecule has 4 heterocycles. The van der Waals surface area contributed by atoms with Gasteiger partial charge in [0.25, 0.3) is 0 Å². The predicted octanol–water partition coefficient (Wildman–Crippen LogP) is 5.07. The van der Waals surface area contributed by atoms with Gasteiger partial charge in [0.05, 0.1) is 12.8 Å². The summed E-state index contributed by atoms with van der Waals surface area (Å²) in [6.45, 7) is 17.1. The van der Waals surface area contributed by atoms with Crippen molar-refractivity contribution in [2.24, 2.45) is 11.8 Å². The van der Waals surface area contributed by atoms with Crippen LogP contribution in [0.2, 0.25) is 0 Å². The molecule has 0 aliphatic carbocycles. The molecule has 2 aromatic carbocycles. The maximum Gasteiger partial charge on any atom is 0.147 e. The van der Waals surface area contributed by atoms with Gasteiger partial charge in [-0.15, -0.1) is 0 Å². The molecular weight excluding hydrogens is 678 g/mol. The molecule has 248 valence electrons. The highest BCUT2D eigenvalue weighted by molar-refractivity contribution is 14.1. The van der Waals surface area contributed by atoms with Crippen molar-refractivity contribution in [3.63, 3.8) is 0 Å². The molecule has 0 radical (unpaired) electrons. The lowest BCUT2D eigenvalue weighted by Gasteiger charge is -2.43. The van der Waals surface area contributed by atoms with Crippen molar-refractivity contribution in [1.82, 2.24) is 19.6 Å². The van der Waals surface area contributed by atoms with E-state index in [4.69, 9.17) is 4.74 Å².